The fourth-order valence-corrected chi connectivity index (χ4v) is 4.30. The van der Waals surface area contributed by atoms with E-state index in [0.29, 0.717) is 5.16 Å². The topological polar surface area (TPSA) is 135 Å². The van der Waals surface area contributed by atoms with Gasteiger partial charge in [-0.1, -0.05) is 30.0 Å². The van der Waals surface area contributed by atoms with Gasteiger partial charge in [0.05, 0.1) is 16.4 Å². The molecule has 0 atom stereocenters. The van der Waals surface area contributed by atoms with Crippen LogP contribution in [0.2, 0.25) is 0 Å². The lowest BCUT2D eigenvalue weighted by Crippen LogP contribution is -2.42. The summed E-state index contributed by atoms with van der Waals surface area (Å²) in [4.78, 5) is 36.9. The molecule has 0 saturated carbocycles. The molecule has 1 fully saturated rings. The molecule has 34 heavy (non-hydrogen) atoms. The molecule has 1 aromatic heterocycles. The summed E-state index contributed by atoms with van der Waals surface area (Å²) in [6, 6.07) is 14.8. The number of para-hydroxylation sites is 1. The minimum absolute atomic E-state index is 0.00546. The molecule has 0 bridgehead atoms. The summed E-state index contributed by atoms with van der Waals surface area (Å²) in [5.41, 5.74) is 5.64. The maximum Gasteiger partial charge on any atom is 0.269 e. The fraction of sp³-hybridized carbons (Fsp3) is 0.273. The smallest absolute Gasteiger partial charge is 0.269 e. The zero-order valence-corrected chi connectivity index (χ0v) is 19.0. The van der Waals surface area contributed by atoms with Crippen LogP contribution < -0.4 is 15.8 Å². The van der Waals surface area contributed by atoms with Crippen molar-refractivity contribution >= 4 is 35.2 Å². The number of hydrazine groups is 1. The molecule has 3 aromatic rings. The number of carbonyl (C=O) groups excluding carboxylic acids is 2. The van der Waals surface area contributed by atoms with Gasteiger partial charge < -0.3 is 4.90 Å². The van der Waals surface area contributed by atoms with E-state index < -0.39 is 16.7 Å². The maximum atomic E-state index is 12.3. The second kappa shape index (κ2) is 10.8. The summed E-state index contributed by atoms with van der Waals surface area (Å²) in [5, 5.41) is 20.0. The Morgan fingerprint density at radius 3 is 2.35 bits per heavy atom. The van der Waals surface area contributed by atoms with Crippen molar-refractivity contribution in [1.29, 1.82) is 0 Å². The van der Waals surface area contributed by atoms with Gasteiger partial charge in [-0.15, -0.1) is 10.2 Å². The zero-order chi connectivity index (χ0) is 23.9. The molecule has 0 radical (unpaired) electrons. The van der Waals surface area contributed by atoms with Crippen molar-refractivity contribution in [2.45, 2.75) is 24.4 Å². The third-order valence-electron chi connectivity index (χ3n) is 5.26. The molecular weight excluding hydrogens is 458 g/mol. The standard InChI is InChI=1S/C22H23N7O4S/c30-19(23-24-20(31)16-9-11-18(12-10-16)29(32)33)15-34-22-26-25-21(27-13-5-2-6-14-27)28(22)17-7-3-1-4-8-17/h1,3-4,7-12H,2,5-6,13-15H2,(H,23,30)(H,24,31). The number of rotatable bonds is 7. The van der Waals surface area contributed by atoms with Crippen molar-refractivity contribution in [1.82, 2.24) is 25.6 Å². The number of amides is 2. The van der Waals surface area contributed by atoms with Gasteiger partial charge in [-0.2, -0.15) is 0 Å². The Labute approximate surface area is 199 Å². The summed E-state index contributed by atoms with van der Waals surface area (Å²) >= 11 is 1.21. The number of hydrogen-bond donors (Lipinski definition) is 2. The molecule has 1 aliphatic heterocycles. The van der Waals surface area contributed by atoms with Crippen LogP contribution in [0.25, 0.3) is 5.69 Å². The number of nitrogens with zero attached hydrogens (tertiary/aromatic N) is 5. The second-order valence-corrected chi connectivity index (χ2v) is 8.54. The molecule has 176 valence electrons. The van der Waals surface area contributed by atoms with Crippen molar-refractivity contribution in [3.63, 3.8) is 0 Å². The maximum absolute atomic E-state index is 12.3. The number of nitro groups is 1. The first-order valence-corrected chi connectivity index (χ1v) is 11.7. The molecule has 2 aromatic carbocycles. The number of benzene rings is 2. The van der Waals surface area contributed by atoms with Crippen LogP contribution in [0, 0.1) is 10.1 Å². The molecule has 0 unspecified atom stereocenters. The van der Waals surface area contributed by atoms with Gasteiger partial charge in [0.15, 0.2) is 5.16 Å². The number of aromatic nitrogens is 3. The normalized spacial score (nSPS) is 13.4. The van der Waals surface area contributed by atoms with Crippen LogP contribution in [-0.2, 0) is 4.79 Å². The first-order chi connectivity index (χ1) is 16.5. The average molecular weight is 482 g/mol. The summed E-state index contributed by atoms with van der Waals surface area (Å²) in [6.07, 6.45) is 3.39. The predicted octanol–water partition coefficient (Wildman–Crippen LogP) is 2.72. The summed E-state index contributed by atoms with van der Waals surface area (Å²) < 4.78 is 1.94. The van der Waals surface area contributed by atoms with Gasteiger partial charge >= 0.3 is 0 Å². The van der Waals surface area contributed by atoms with Crippen LogP contribution in [0.4, 0.5) is 11.6 Å². The van der Waals surface area contributed by atoms with Crippen LogP contribution in [0.15, 0.2) is 59.8 Å². The number of carbonyl (C=O) groups is 2. The lowest BCUT2D eigenvalue weighted by atomic mass is 10.1. The Bertz CT molecular complexity index is 1160. The van der Waals surface area contributed by atoms with E-state index in [4.69, 9.17) is 0 Å². The van der Waals surface area contributed by atoms with E-state index in [1.54, 1.807) is 0 Å². The SMILES string of the molecule is O=C(CSc1nnc(N2CCCCC2)n1-c1ccccc1)NNC(=O)c1ccc([N+](=O)[O-])cc1. The summed E-state index contributed by atoms with van der Waals surface area (Å²) in [5.74, 6) is -0.248. The molecule has 0 aliphatic carbocycles. The van der Waals surface area contributed by atoms with Crippen molar-refractivity contribution in [3.8, 4) is 5.69 Å². The van der Waals surface area contributed by atoms with Crippen LogP contribution in [-0.4, -0.2) is 50.3 Å². The minimum atomic E-state index is -0.576. The van der Waals surface area contributed by atoms with Crippen molar-refractivity contribution < 1.29 is 14.5 Å². The first-order valence-electron chi connectivity index (χ1n) is 10.7. The van der Waals surface area contributed by atoms with E-state index in [2.05, 4.69) is 25.9 Å². The molecule has 0 spiro atoms. The zero-order valence-electron chi connectivity index (χ0n) is 18.2. The molecule has 2 heterocycles. The van der Waals surface area contributed by atoms with Gasteiger partial charge in [0, 0.05) is 30.8 Å². The Morgan fingerprint density at radius 1 is 0.971 bits per heavy atom. The fourth-order valence-electron chi connectivity index (χ4n) is 3.56. The molecule has 2 N–H and O–H groups in total. The quantitative estimate of drug-likeness (QED) is 0.299. The predicted molar refractivity (Wildman–Crippen MR) is 127 cm³/mol. The van der Waals surface area contributed by atoms with E-state index in [-0.39, 0.29) is 17.0 Å². The lowest BCUT2D eigenvalue weighted by molar-refractivity contribution is -0.384. The number of hydrogen-bond acceptors (Lipinski definition) is 8. The monoisotopic (exact) mass is 481 g/mol. The van der Waals surface area contributed by atoms with Gasteiger partial charge in [0.1, 0.15) is 0 Å². The Morgan fingerprint density at radius 2 is 1.68 bits per heavy atom. The molecule has 12 heteroatoms. The highest BCUT2D eigenvalue weighted by molar-refractivity contribution is 7.99. The molecule has 11 nitrogen and oxygen atoms in total. The van der Waals surface area contributed by atoms with Gasteiger partial charge in [-0.05, 0) is 43.5 Å². The van der Waals surface area contributed by atoms with E-state index in [1.165, 1.54) is 42.4 Å². The largest absolute Gasteiger partial charge is 0.341 e. The van der Waals surface area contributed by atoms with Gasteiger partial charge in [-0.3, -0.25) is 35.1 Å². The highest BCUT2D eigenvalue weighted by atomic mass is 32.2. The van der Waals surface area contributed by atoms with Crippen LogP contribution in [0.5, 0.6) is 0 Å². The minimum Gasteiger partial charge on any atom is -0.341 e. The molecule has 4 rings (SSSR count). The highest BCUT2D eigenvalue weighted by Gasteiger charge is 2.22. The van der Waals surface area contributed by atoms with Crippen molar-refractivity contribution in [2.75, 3.05) is 23.7 Å². The second-order valence-electron chi connectivity index (χ2n) is 7.60. The van der Waals surface area contributed by atoms with Crippen LogP contribution in [0.1, 0.15) is 29.6 Å². The number of nitrogens with one attached hydrogen (secondary N) is 2. The summed E-state index contributed by atoms with van der Waals surface area (Å²) in [7, 11) is 0. The number of piperidine rings is 1. The van der Waals surface area contributed by atoms with Gasteiger partial charge in [-0.25, -0.2) is 0 Å². The lowest BCUT2D eigenvalue weighted by Gasteiger charge is -2.27. The number of thioether (sulfide) groups is 1. The molecule has 2 amide bonds. The number of nitro benzene ring substituents is 1. The molecule has 1 aliphatic rings. The van der Waals surface area contributed by atoms with Crippen LogP contribution >= 0.6 is 11.8 Å². The third-order valence-corrected chi connectivity index (χ3v) is 6.19. The number of anilines is 1. The first kappa shape index (κ1) is 23.2. The van der Waals surface area contributed by atoms with E-state index in [0.717, 1.165) is 37.6 Å². The average Bonchev–Trinajstić information content (AvgIpc) is 3.31. The van der Waals surface area contributed by atoms with E-state index >= 15 is 0 Å². The highest BCUT2D eigenvalue weighted by Crippen LogP contribution is 2.28. The summed E-state index contributed by atoms with van der Waals surface area (Å²) in [6.45, 7) is 1.82. The van der Waals surface area contributed by atoms with E-state index in [1.807, 2.05) is 34.9 Å². The van der Waals surface area contributed by atoms with Gasteiger partial charge in [0.2, 0.25) is 11.9 Å². The van der Waals surface area contributed by atoms with Crippen LogP contribution in [0.3, 0.4) is 0 Å². The van der Waals surface area contributed by atoms with Crippen molar-refractivity contribution in [2.24, 2.45) is 0 Å². The van der Waals surface area contributed by atoms with E-state index in [9.17, 15) is 19.7 Å². The third kappa shape index (κ3) is 5.52. The molecular formula is C22H23N7O4S. The Hall–Kier alpha value is -3.93. The van der Waals surface area contributed by atoms with Crippen molar-refractivity contribution in [3.05, 3.63) is 70.3 Å². The van der Waals surface area contributed by atoms with Gasteiger partial charge in [0.25, 0.3) is 11.6 Å². The molecule has 1 saturated heterocycles. The Kier molecular flexibility index (Phi) is 7.38. The number of non-ortho nitro benzene ring substituents is 1. The Balaban J connectivity index is 1.39.